The van der Waals surface area contributed by atoms with E-state index in [0.29, 0.717) is 19.0 Å². The maximum atomic E-state index is 11.9. The van der Waals surface area contributed by atoms with E-state index in [9.17, 15) is 4.79 Å². The average Bonchev–Trinajstić information content (AvgIpc) is 2.47. The molecule has 0 atom stereocenters. The molecule has 118 valence electrons. The maximum Gasteiger partial charge on any atom is 0.251 e. The van der Waals surface area contributed by atoms with Gasteiger partial charge in [0.05, 0.1) is 5.69 Å². The predicted molar refractivity (Wildman–Crippen MR) is 83.2 cm³/mol. The number of hydrogen-bond acceptors (Lipinski definition) is 4. The lowest BCUT2D eigenvalue weighted by Crippen LogP contribution is -2.38. The van der Waals surface area contributed by atoms with Crippen molar-refractivity contribution in [3.8, 4) is 0 Å². The van der Waals surface area contributed by atoms with E-state index in [4.69, 9.17) is 4.74 Å². The van der Waals surface area contributed by atoms with Crippen LogP contribution in [-0.4, -0.2) is 23.1 Å². The van der Waals surface area contributed by atoms with Gasteiger partial charge in [-0.15, -0.1) is 0 Å². The molecule has 2 N–H and O–H groups in total. The molecule has 1 aliphatic rings. The fraction of sp³-hybridized carbons (Fsp3) is 0.750. The van der Waals surface area contributed by atoms with Crippen LogP contribution < -0.4 is 10.9 Å². The summed E-state index contributed by atoms with van der Waals surface area (Å²) < 4.78 is 6.07. The lowest BCUT2D eigenvalue weighted by atomic mass is 9.79. The van der Waals surface area contributed by atoms with Crippen LogP contribution in [0.5, 0.6) is 0 Å². The molecular weight excluding hydrogens is 266 g/mol. The molecule has 0 spiro atoms. The molecule has 0 saturated heterocycles. The van der Waals surface area contributed by atoms with Crippen molar-refractivity contribution in [2.45, 2.75) is 58.6 Å². The van der Waals surface area contributed by atoms with Gasteiger partial charge in [-0.25, -0.2) is 4.98 Å². The highest BCUT2D eigenvalue weighted by Crippen LogP contribution is 2.40. The van der Waals surface area contributed by atoms with Gasteiger partial charge in [-0.1, -0.05) is 13.8 Å². The summed E-state index contributed by atoms with van der Waals surface area (Å²) in [5.41, 5.74) is 0.279. The van der Waals surface area contributed by atoms with E-state index in [1.807, 2.05) is 13.8 Å². The van der Waals surface area contributed by atoms with E-state index in [2.05, 4.69) is 22.2 Å². The van der Waals surface area contributed by atoms with Gasteiger partial charge in [0.15, 0.2) is 0 Å². The zero-order chi connectivity index (χ0) is 15.3. The average molecular weight is 293 g/mol. The first-order valence-electron chi connectivity index (χ1n) is 8.05. The van der Waals surface area contributed by atoms with Crippen LogP contribution in [0.15, 0.2) is 10.9 Å². The Morgan fingerprint density at radius 2 is 2.14 bits per heavy atom. The first kappa shape index (κ1) is 16.2. The highest BCUT2D eigenvalue weighted by atomic mass is 16.5. The van der Waals surface area contributed by atoms with Crippen LogP contribution in [0.3, 0.4) is 0 Å². The van der Waals surface area contributed by atoms with Gasteiger partial charge in [0.1, 0.15) is 11.4 Å². The van der Waals surface area contributed by atoms with E-state index < -0.39 is 5.60 Å². The standard InChI is InChI=1S/C16H27N3O2/c1-4-17-11-13-10-14(20)19-15(18-13)16(21-5-2)8-6-12(3)7-9-16/h10,12,17H,4-9,11H2,1-3H3,(H,18,19,20). The normalized spacial score (nSPS) is 26.0. The minimum atomic E-state index is -0.414. The van der Waals surface area contributed by atoms with Gasteiger partial charge in [-0.05, 0) is 45.1 Å². The second-order valence-electron chi connectivity index (χ2n) is 5.98. The van der Waals surface area contributed by atoms with Crippen LogP contribution in [0, 0.1) is 5.92 Å². The molecule has 0 aromatic carbocycles. The predicted octanol–water partition coefficient (Wildman–Crippen LogP) is 2.32. The smallest absolute Gasteiger partial charge is 0.251 e. The molecule has 1 fully saturated rings. The van der Waals surface area contributed by atoms with Crippen molar-refractivity contribution in [2.75, 3.05) is 13.2 Å². The highest BCUT2D eigenvalue weighted by Gasteiger charge is 2.39. The molecule has 0 unspecified atom stereocenters. The second kappa shape index (κ2) is 7.18. The summed E-state index contributed by atoms with van der Waals surface area (Å²) in [6.45, 7) is 8.42. The fourth-order valence-electron chi connectivity index (χ4n) is 3.02. The van der Waals surface area contributed by atoms with Gasteiger partial charge in [0.25, 0.3) is 5.56 Å². The summed E-state index contributed by atoms with van der Waals surface area (Å²) in [5.74, 6) is 1.42. The maximum absolute atomic E-state index is 11.9. The van der Waals surface area contributed by atoms with Crippen molar-refractivity contribution >= 4 is 0 Å². The minimum absolute atomic E-state index is 0.0920. The van der Waals surface area contributed by atoms with Crippen molar-refractivity contribution in [1.29, 1.82) is 0 Å². The largest absolute Gasteiger partial charge is 0.367 e. The molecule has 0 amide bonds. The molecule has 0 radical (unpaired) electrons. The number of rotatable bonds is 6. The van der Waals surface area contributed by atoms with Crippen LogP contribution in [0.1, 0.15) is 58.0 Å². The van der Waals surface area contributed by atoms with Gasteiger partial charge in [-0.2, -0.15) is 0 Å². The van der Waals surface area contributed by atoms with Crippen LogP contribution in [0.2, 0.25) is 0 Å². The Morgan fingerprint density at radius 1 is 1.43 bits per heavy atom. The van der Waals surface area contributed by atoms with Crippen molar-refractivity contribution in [1.82, 2.24) is 15.3 Å². The van der Waals surface area contributed by atoms with Crippen LogP contribution in [0.25, 0.3) is 0 Å². The molecule has 21 heavy (non-hydrogen) atoms. The molecule has 1 aliphatic carbocycles. The Balaban J connectivity index is 2.31. The molecule has 5 heteroatoms. The van der Waals surface area contributed by atoms with Crippen molar-refractivity contribution < 1.29 is 4.74 Å². The zero-order valence-corrected chi connectivity index (χ0v) is 13.4. The fourth-order valence-corrected chi connectivity index (χ4v) is 3.02. The van der Waals surface area contributed by atoms with Crippen molar-refractivity contribution in [2.24, 2.45) is 5.92 Å². The van der Waals surface area contributed by atoms with Gasteiger partial charge < -0.3 is 15.0 Å². The Bertz CT molecular complexity index is 504. The van der Waals surface area contributed by atoms with Crippen LogP contribution >= 0.6 is 0 Å². The number of H-pyrrole nitrogens is 1. The first-order valence-corrected chi connectivity index (χ1v) is 8.05. The number of aromatic amines is 1. The number of hydrogen-bond donors (Lipinski definition) is 2. The molecule has 0 bridgehead atoms. The number of ether oxygens (including phenoxy) is 1. The summed E-state index contributed by atoms with van der Waals surface area (Å²) in [6, 6.07) is 1.57. The molecule has 2 rings (SSSR count). The Labute approximate surface area is 126 Å². The van der Waals surface area contributed by atoms with Crippen molar-refractivity contribution in [3.05, 3.63) is 27.9 Å². The van der Waals surface area contributed by atoms with Gasteiger partial charge in [-0.3, -0.25) is 4.79 Å². The monoisotopic (exact) mass is 293 g/mol. The van der Waals surface area contributed by atoms with Gasteiger partial charge in [0.2, 0.25) is 0 Å². The number of aromatic nitrogens is 2. The third kappa shape index (κ3) is 3.92. The van der Waals surface area contributed by atoms with E-state index in [1.54, 1.807) is 6.07 Å². The highest BCUT2D eigenvalue weighted by molar-refractivity contribution is 5.10. The first-order chi connectivity index (χ1) is 10.1. The Morgan fingerprint density at radius 3 is 2.76 bits per heavy atom. The molecule has 0 aliphatic heterocycles. The molecule has 1 aromatic rings. The van der Waals surface area contributed by atoms with E-state index in [-0.39, 0.29) is 5.56 Å². The van der Waals surface area contributed by atoms with Gasteiger partial charge in [0, 0.05) is 19.2 Å². The molecule has 5 nitrogen and oxygen atoms in total. The summed E-state index contributed by atoms with van der Waals surface area (Å²) >= 11 is 0. The van der Waals surface area contributed by atoms with E-state index in [1.165, 1.54) is 0 Å². The van der Waals surface area contributed by atoms with Crippen LogP contribution in [-0.2, 0) is 16.9 Å². The van der Waals surface area contributed by atoms with Gasteiger partial charge >= 0.3 is 0 Å². The Hall–Kier alpha value is -1.20. The SMILES string of the molecule is CCNCc1cc(=O)[nH]c(C2(OCC)CCC(C)CC2)n1. The minimum Gasteiger partial charge on any atom is -0.367 e. The lowest BCUT2D eigenvalue weighted by molar-refractivity contribution is -0.0839. The topological polar surface area (TPSA) is 67.0 Å². The number of nitrogens with zero attached hydrogens (tertiary/aromatic N) is 1. The van der Waals surface area contributed by atoms with E-state index >= 15 is 0 Å². The molecular formula is C16H27N3O2. The molecule has 1 aromatic heterocycles. The summed E-state index contributed by atoms with van der Waals surface area (Å²) in [4.78, 5) is 19.5. The van der Waals surface area contributed by atoms with Crippen molar-refractivity contribution in [3.63, 3.8) is 0 Å². The zero-order valence-electron chi connectivity index (χ0n) is 13.4. The van der Waals surface area contributed by atoms with Crippen LogP contribution in [0.4, 0.5) is 0 Å². The summed E-state index contributed by atoms with van der Waals surface area (Å²) in [7, 11) is 0. The summed E-state index contributed by atoms with van der Waals surface area (Å²) in [6.07, 6.45) is 4.08. The third-order valence-corrected chi connectivity index (χ3v) is 4.28. The Kier molecular flexibility index (Phi) is 5.53. The molecule has 1 heterocycles. The second-order valence-corrected chi connectivity index (χ2v) is 5.98. The molecule has 1 saturated carbocycles. The third-order valence-electron chi connectivity index (χ3n) is 4.28. The quantitative estimate of drug-likeness (QED) is 0.844. The van der Waals surface area contributed by atoms with E-state index in [0.717, 1.165) is 43.8 Å². The summed E-state index contributed by atoms with van der Waals surface area (Å²) in [5, 5.41) is 3.22. The number of nitrogens with one attached hydrogen (secondary N) is 2. The lowest BCUT2D eigenvalue weighted by Gasteiger charge is -2.38.